The summed E-state index contributed by atoms with van der Waals surface area (Å²) in [6.07, 6.45) is 9.23. The maximum atomic E-state index is 12.7. The van der Waals surface area contributed by atoms with E-state index in [0.29, 0.717) is 12.1 Å². The first kappa shape index (κ1) is 21.2. The van der Waals surface area contributed by atoms with E-state index in [9.17, 15) is 4.79 Å². The fourth-order valence-corrected chi connectivity index (χ4v) is 4.84. The minimum Gasteiger partial charge on any atom is -0.490 e. The summed E-state index contributed by atoms with van der Waals surface area (Å²) in [7, 11) is 0. The topological polar surface area (TPSA) is 36.0 Å². The number of nitrogens with zero attached hydrogens (tertiary/aromatic N) is 3. The molecule has 4 rings (SSSR count). The van der Waals surface area contributed by atoms with Crippen LogP contribution in [0.2, 0.25) is 0 Å². The Morgan fingerprint density at radius 3 is 2.23 bits per heavy atom. The minimum atomic E-state index is 0.220. The first-order valence-corrected chi connectivity index (χ1v) is 11.8. The highest BCUT2D eigenvalue weighted by molar-refractivity contribution is 5.77. The van der Waals surface area contributed by atoms with Crippen molar-refractivity contribution in [3.05, 3.63) is 35.9 Å². The molecule has 30 heavy (non-hydrogen) atoms. The largest absolute Gasteiger partial charge is 0.490 e. The molecule has 3 aliphatic heterocycles. The first-order chi connectivity index (χ1) is 14.6. The number of rotatable bonds is 4. The lowest BCUT2D eigenvalue weighted by Gasteiger charge is -2.35. The molecule has 1 aromatic carbocycles. The van der Waals surface area contributed by atoms with E-state index in [0.717, 1.165) is 77.1 Å². The Labute approximate surface area is 181 Å². The van der Waals surface area contributed by atoms with Gasteiger partial charge >= 0.3 is 6.03 Å². The molecular formula is C25H37N3O2. The van der Waals surface area contributed by atoms with Crippen LogP contribution in [0.4, 0.5) is 4.79 Å². The smallest absolute Gasteiger partial charge is 0.320 e. The molecule has 0 aromatic heterocycles. The van der Waals surface area contributed by atoms with Gasteiger partial charge < -0.3 is 19.4 Å². The van der Waals surface area contributed by atoms with Crippen LogP contribution in [0.25, 0.3) is 5.57 Å². The molecule has 0 N–H and O–H groups in total. The number of piperidine rings is 2. The molecule has 0 radical (unpaired) electrons. The standard InChI is InChI=1S/C25H37N3O2/c1-20(2)26-18-12-24(13-19-26)30-23-8-6-21(7-9-23)22-10-16-28(17-11-22)25(29)27-14-4-3-5-15-27/h6-10,20,24H,3-5,11-19H2,1-2H3. The molecule has 0 bridgehead atoms. The molecule has 3 heterocycles. The van der Waals surface area contributed by atoms with Crippen LogP contribution in [0.1, 0.15) is 57.9 Å². The van der Waals surface area contributed by atoms with Crippen molar-refractivity contribution in [3.8, 4) is 5.75 Å². The Morgan fingerprint density at radius 1 is 0.933 bits per heavy atom. The summed E-state index contributed by atoms with van der Waals surface area (Å²) in [4.78, 5) is 19.2. The van der Waals surface area contributed by atoms with E-state index in [2.05, 4.69) is 49.1 Å². The van der Waals surface area contributed by atoms with Crippen LogP contribution in [-0.2, 0) is 0 Å². The molecule has 3 aliphatic rings. The zero-order valence-corrected chi connectivity index (χ0v) is 18.7. The fraction of sp³-hybridized carbons (Fsp3) is 0.640. The van der Waals surface area contributed by atoms with Gasteiger partial charge in [0, 0.05) is 45.3 Å². The first-order valence-electron chi connectivity index (χ1n) is 11.8. The highest BCUT2D eigenvalue weighted by atomic mass is 16.5. The highest BCUT2D eigenvalue weighted by Crippen LogP contribution is 2.27. The van der Waals surface area contributed by atoms with Crippen LogP contribution in [0.5, 0.6) is 5.75 Å². The predicted octanol–water partition coefficient (Wildman–Crippen LogP) is 4.63. The quantitative estimate of drug-likeness (QED) is 0.725. The Bertz CT molecular complexity index is 729. The fourth-order valence-electron chi connectivity index (χ4n) is 4.84. The van der Waals surface area contributed by atoms with Crippen LogP contribution in [0.3, 0.4) is 0 Å². The molecule has 5 nitrogen and oxygen atoms in total. The highest BCUT2D eigenvalue weighted by Gasteiger charge is 2.25. The molecule has 1 aromatic rings. The van der Waals surface area contributed by atoms with Crippen molar-refractivity contribution >= 4 is 11.6 Å². The molecule has 164 valence electrons. The number of likely N-dealkylation sites (tertiary alicyclic amines) is 2. The van der Waals surface area contributed by atoms with Gasteiger partial charge in [0.15, 0.2) is 0 Å². The third-order valence-electron chi connectivity index (χ3n) is 6.84. The summed E-state index contributed by atoms with van der Waals surface area (Å²) in [5.41, 5.74) is 2.59. The number of urea groups is 1. The molecule has 2 saturated heterocycles. The van der Waals surface area contributed by atoms with Crippen molar-refractivity contribution in [2.75, 3.05) is 39.3 Å². The van der Waals surface area contributed by atoms with Crippen LogP contribution >= 0.6 is 0 Å². The molecule has 0 unspecified atom stereocenters. The van der Waals surface area contributed by atoms with Crippen LogP contribution in [0, 0.1) is 0 Å². The average molecular weight is 412 g/mol. The molecular weight excluding hydrogens is 374 g/mol. The molecule has 5 heteroatoms. The normalized spacial score (nSPS) is 21.6. The number of hydrogen-bond donors (Lipinski definition) is 0. The number of benzene rings is 1. The Kier molecular flexibility index (Phi) is 6.98. The molecule has 2 fully saturated rings. The van der Waals surface area contributed by atoms with Crippen molar-refractivity contribution in [1.29, 1.82) is 0 Å². The van der Waals surface area contributed by atoms with Gasteiger partial charge in [0.1, 0.15) is 11.9 Å². The second-order valence-corrected chi connectivity index (χ2v) is 9.23. The second kappa shape index (κ2) is 9.86. The lowest BCUT2D eigenvalue weighted by Crippen LogP contribution is -2.46. The number of amides is 2. The zero-order chi connectivity index (χ0) is 20.9. The molecule has 2 amide bonds. The van der Waals surface area contributed by atoms with Gasteiger partial charge in [0.2, 0.25) is 0 Å². The number of hydrogen-bond acceptors (Lipinski definition) is 3. The minimum absolute atomic E-state index is 0.220. The van der Waals surface area contributed by atoms with E-state index < -0.39 is 0 Å². The third-order valence-corrected chi connectivity index (χ3v) is 6.84. The van der Waals surface area contributed by atoms with Gasteiger partial charge in [-0.15, -0.1) is 0 Å². The van der Waals surface area contributed by atoms with Gasteiger partial charge in [-0.05, 0) is 75.6 Å². The number of ether oxygens (including phenoxy) is 1. The van der Waals surface area contributed by atoms with Crippen molar-refractivity contribution in [1.82, 2.24) is 14.7 Å². The predicted molar refractivity (Wildman–Crippen MR) is 122 cm³/mol. The van der Waals surface area contributed by atoms with E-state index >= 15 is 0 Å². The molecule has 0 atom stereocenters. The van der Waals surface area contributed by atoms with Crippen LogP contribution in [0.15, 0.2) is 30.3 Å². The Balaban J connectivity index is 1.28. The molecule has 0 saturated carbocycles. The molecule has 0 aliphatic carbocycles. The van der Waals surface area contributed by atoms with Crippen molar-refractivity contribution < 1.29 is 9.53 Å². The van der Waals surface area contributed by atoms with E-state index in [-0.39, 0.29) is 6.03 Å². The summed E-state index contributed by atoms with van der Waals surface area (Å²) < 4.78 is 6.24. The van der Waals surface area contributed by atoms with Gasteiger partial charge in [-0.2, -0.15) is 0 Å². The van der Waals surface area contributed by atoms with Gasteiger partial charge in [0.25, 0.3) is 0 Å². The zero-order valence-electron chi connectivity index (χ0n) is 18.7. The summed E-state index contributed by atoms with van der Waals surface area (Å²) >= 11 is 0. The van der Waals surface area contributed by atoms with Crippen LogP contribution in [-0.4, -0.2) is 72.1 Å². The van der Waals surface area contributed by atoms with Gasteiger partial charge in [0.05, 0.1) is 0 Å². The number of carbonyl (C=O) groups excluding carboxylic acids is 1. The summed E-state index contributed by atoms with van der Waals surface area (Å²) in [5.74, 6) is 0.972. The van der Waals surface area contributed by atoms with E-state index in [4.69, 9.17) is 4.74 Å². The summed E-state index contributed by atoms with van der Waals surface area (Å²) in [6.45, 7) is 10.2. The van der Waals surface area contributed by atoms with Crippen molar-refractivity contribution in [3.63, 3.8) is 0 Å². The van der Waals surface area contributed by atoms with E-state index in [1.54, 1.807) is 0 Å². The summed E-state index contributed by atoms with van der Waals surface area (Å²) in [6, 6.07) is 9.41. The maximum absolute atomic E-state index is 12.7. The second-order valence-electron chi connectivity index (χ2n) is 9.23. The summed E-state index contributed by atoms with van der Waals surface area (Å²) in [5, 5.41) is 0. The Hall–Kier alpha value is -2.01. The van der Waals surface area contributed by atoms with Gasteiger partial charge in [-0.1, -0.05) is 18.2 Å². The lowest BCUT2D eigenvalue weighted by molar-refractivity contribution is 0.0843. The third kappa shape index (κ3) is 5.18. The van der Waals surface area contributed by atoms with E-state index in [1.165, 1.54) is 17.6 Å². The van der Waals surface area contributed by atoms with E-state index in [1.807, 2.05) is 9.80 Å². The average Bonchev–Trinajstić information content (AvgIpc) is 2.80. The number of carbonyl (C=O) groups is 1. The van der Waals surface area contributed by atoms with Crippen molar-refractivity contribution in [2.45, 2.75) is 64.5 Å². The van der Waals surface area contributed by atoms with Crippen LogP contribution < -0.4 is 4.74 Å². The maximum Gasteiger partial charge on any atom is 0.320 e. The lowest BCUT2D eigenvalue weighted by atomic mass is 9.99. The van der Waals surface area contributed by atoms with Crippen molar-refractivity contribution in [2.24, 2.45) is 0 Å². The Morgan fingerprint density at radius 2 is 1.63 bits per heavy atom. The monoisotopic (exact) mass is 411 g/mol. The molecule has 0 spiro atoms. The van der Waals surface area contributed by atoms with Gasteiger partial charge in [-0.3, -0.25) is 0 Å². The van der Waals surface area contributed by atoms with Gasteiger partial charge in [-0.25, -0.2) is 4.79 Å². The SMILES string of the molecule is CC(C)N1CCC(Oc2ccc(C3=CCN(C(=O)N4CCCCC4)CC3)cc2)CC1.